The van der Waals surface area contributed by atoms with Gasteiger partial charge in [0.2, 0.25) is 0 Å². The van der Waals surface area contributed by atoms with Crippen molar-refractivity contribution < 1.29 is 14.6 Å². The van der Waals surface area contributed by atoms with E-state index in [1.54, 1.807) is 0 Å². The molecule has 0 aromatic carbocycles. The topological polar surface area (TPSA) is 94.4 Å². The van der Waals surface area contributed by atoms with Gasteiger partial charge in [-0.3, -0.25) is 19.7 Å². The molecule has 0 spiro atoms. The third kappa shape index (κ3) is 3.94. The average Bonchev–Trinajstić information content (AvgIpc) is 2.27. The summed E-state index contributed by atoms with van der Waals surface area (Å²) in [7, 11) is 0. The van der Waals surface area contributed by atoms with Gasteiger partial charge in [0, 0.05) is 0 Å². The van der Waals surface area contributed by atoms with Gasteiger partial charge >= 0.3 is 0 Å². The van der Waals surface area contributed by atoms with Crippen LogP contribution in [0.4, 0.5) is 5.69 Å². The summed E-state index contributed by atoms with van der Waals surface area (Å²) in [6.45, 7) is 4.11. The molecule has 1 heterocycles. The summed E-state index contributed by atoms with van der Waals surface area (Å²) in [5.74, 6) is -0.507. The molecule has 18 heavy (non-hydrogen) atoms. The van der Waals surface area contributed by atoms with Crippen LogP contribution in [0.2, 0.25) is 5.15 Å². The molecule has 0 unspecified atom stereocenters. The number of amides is 1. The fourth-order valence-electron chi connectivity index (χ4n) is 1.08. The Labute approximate surface area is 108 Å². The first-order valence-corrected chi connectivity index (χ1v) is 5.51. The molecule has 0 radical (unpaired) electrons. The summed E-state index contributed by atoms with van der Waals surface area (Å²) in [5, 5.41) is 10.7. The fourth-order valence-corrected chi connectivity index (χ4v) is 1.24. The van der Waals surface area contributed by atoms with Crippen LogP contribution < -0.4 is 5.48 Å². The van der Waals surface area contributed by atoms with Crippen LogP contribution in [0.15, 0.2) is 12.3 Å². The molecule has 0 aliphatic carbocycles. The lowest BCUT2D eigenvalue weighted by Crippen LogP contribution is -2.26. The van der Waals surface area contributed by atoms with Crippen LogP contribution in [0.25, 0.3) is 0 Å². The van der Waals surface area contributed by atoms with Crippen molar-refractivity contribution in [1.82, 2.24) is 10.5 Å². The highest BCUT2D eigenvalue weighted by Crippen LogP contribution is 2.20. The molecule has 0 fully saturated rings. The number of hydrogen-bond donors (Lipinski definition) is 1. The van der Waals surface area contributed by atoms with E-state index in [1.165, 1.54) is 0 Å². The van der Waals surface area contributed by atoms with Gasteiger partial charge in [-0.05, 0) is 12.0 Å². The number of hydrogen-bond acceptors (Lipinski definition) is 5. The lowest BCUT2D eigenvalue weighted by Gasteiger charge is -2.08. The van der Waals surface area contributed by atoms with Crippen LogP contribution in [0.3, 0.4) is 0 Å². The highest BCUT2D eigenvalue weighted by Gasteiger charge is 2.21. The van der Waals surface area contributed by atoms with Gasteiger partial charge < -0.3 is 0 Å². The standard InChI is InChI=1S/C10H12ClN3O4/c1-6(2)5-18-13-10(15)7-3-9(11)12-4-8(7)14(16)17/h3-4,6H,5H2,1-2H3,(H,13,15). The van der Waals surface area contributed by atoms with Gasteiger partial charge in [-0.1, -0.05) is 25.4 Å². The number of halogens is 1. The van der Waals surface area contributed by atoms with Crippen molar-refractivity contribution >= 4 is 23.2 Å². The maximum atomic E-state index is 11.7. The van der Waals surface area contributed by atoms with E-state index in [9.17, 15) is 14.9 Å². The number of nitrogens with one attached hydrogen (secondary N) is 1. The monoisotopic (exact) mass is 273 g/mol. The number of rotatable bonds is 5. The van der Waals surface area contributed by atoms with E-state index in [0.29, 0.717) is 6.61 Å². The number of hydroxylamine groups is 1. The highest BCUT2D eigenvalue weighted by molar-refractivity contribution is 6.29. The summed E-state index contributed by atoms with van der Waals surface area (Å²) in [4.78, 5) is 30.1. The first kappa shape index (κ1) is 14.3. The molecule has 0 aliphatic heterocycles. The number of carbonyl (C=O) groups excluding carboxylic acids is 1. The molecular weight excluding hydrogens is 262 g/mol. The fraction of sp³-hybridized carbons (Fsp3) is 0.400. The van der Waals surface area contributed by atoms with Crippen LogP contribution in [0.1, 0.15) is 24.2 Å². The van der Waals surface area contributed by atoms with E-state index in [0.717, 1.165) is 12.3 Å². The Morgan fingerprint density at radius 1 is 1.67 bits per heavy atom. The number of carbonyl (C=O) groups is 1. The number of pyridine rings is 1. The smallest absolute Gasteiger partial charge is 0.273 e. The minimum Gasteiger partial charge on any atom is -0.273 e. The molecule has 1 rings (SSSR count). The summed E-state index contributed by atoms with van der Waals surface area (Å²) < 4.78 is 0. The first-order valence-electron chi connectivity index (χ1n) is 5.14. The van der Waals surface area contributed by atoms with E-state index in [1.807, 2.05) is 13.8 Å². The summed E-state index contributed by atoms with van der Waals surface area (Å²) >= 11 is 5.60. The second kappa shape index (κ2) is 6.27. The molecule has 0 bridgehead atoms. The summed E-state index contributed by atoms with van der Waals surface area (Å²) in [5.41, 5.74) is 1.51. The highest BCUT2D eigenvalue weighted by atomic mass is 35.5. The zero-order chi connectivity index (χ0) is 13.7. The SMILES string of the molecule is CC(C)CONC(=O)c1cc(Cl)ncc1[N+](=O)[O-]. The molecule has 1 aromatic heterocycles. The van der Waals surface area contributed by atoms with Crippen molar-refractivity contribution in [2.75, 3.05) is 6.61 Å². The van der Waals surface area contributed by atoms with Crippen LogP contribution in [-0.4, -0.2) is 22.4 Å². The Hall–Kier alpha value is -1.73. The molecule has 0 saturated heterocycles. The number of aromatic nitrogens is 1. The lowest BCUT2D eigenvalue weighted by molar-refractivity contribution is -0.385. The summed E-state index contributed by atoms with van der Waals surface area (Å²) in [6.07, 6.45) is 0.930. The zero-order valence-corrected chi connectivity index (χ0v) is 10.6. The second-order valence-corrected chi connectivity index (χ2v) is 4.30. The third-order valence-corrected chi connectivity index (χ3v) is 2.08. The van der Waals surface area contributed by atoms with Gasteiger partial charge in [0.25, 0.3) is 11.6 Å². The van der Waals surface area contributed by atoms with Gasteiger partial charge in [0.15, 0.2) is 0 Å². The van der Waals surface area contributed by atoms with Crippen molar-refractivity contribution in [2.45, 2.75) is 13.8 Å². The molecule has 1 aromatic rings. The lowest BCUT2D eigenvalue weighted by atomic mass is 10.2. The van der Waals surface area contributed by atoms with E-state index in [4.69, 9.17) is 16.4 Å². The van der Waals surface area contributed by atoms with Crippen LogP contribution in [0.5, 0.6) is 0 Å². The Morgan fingerprint density at radius 3 is 2.89 bits per heavy atom. The number of nitro groups is 1. The Kier molecular flexibility index (Phi) is 4.99. The van der Waals surface area contributed by atoms with Gasteiger partial charge in [0.1, 0.15) is 16.9 Å². The predicted octanol–water partition coefficient (Wildman–Crippen LogP) is 1.96. The van der Waals surface area contributed by atoms with Crippen LogP contribution >= 0.6 is 11.6 Å². The Balaban J connectivity index is 2.84. The Bertz CT molecular complexity index is 464. The molecule has 7 nitrogen and oxygen atoms in total. The van der Waals surface area contributed by atoms with Crippen LogP contribution in [-0.2, 0) is 4.84 Å². The molecule has 0 atom stereocenters. The van der Waals surface area contributed by atoms with E-state index in [2.05, 4.69) is 10.5 Å². The normalized spacial score (nSPS) is 10.4. The third-order valence-electron chi connectivity index (χ3n) is 1.87. The number of nitrogens with zero attached hydrogens (tertiary/aromatic N) is 2. The van der Waals surface area contributed by atoms with Crippen LogP contribution in [0, 0.1) is 16.0 Å². The van der Waals surface area contributed by atoms with Gasteiger partial charge in [-0.25, -0.2) is 10.5 Å². The predicted molar refractivity (Wildman–Crippen MR) is 64.2 cm³/mol. The first-order chi connectivity index (χ1) is 8.41. The van der Waals surface area contributed by atoms with Crippen molar-refractivity contribution in [2.24, 2.45) is 5.92 Å². The van der Waals surface area contributed by atoms with Crippen molar-refractivity contribution in [3.63, 3.8) is 0 Å². The van der Waals surface area contributed by atoms with Gasteiger partial charge in [-0.2, -0.15) is 0 Å². The Morgan fingerprint density at radius 2 is 2.33 bits per heavy atom. The molecule has 1 N–H and O–H groups in total. The molecule has 8 heteroatoms. The van der Waals surface area contributed by atoms with Crippen molar-refractivity contribution in [3.8, 4) is 0 Å². The van der Waals surface area contributed by atoms with E-state index >= 15 is 0 Å². The second-order valence-electron chi connectivity index (χ2n) is 3.92. The minimum absolute atomic E-state index is 0.00499. The summed E-state index contributed by atoms with van der Waals surface area (Å²) in [6, 6.07) is 1.12. The maximum absolute atomic E-state index is 11.7. The molecule has 98 valence electrons. The molecule has 1 amide bonds. The largest absolute Gasteiger partial charge is 0.300 e. The minimum atomic E-state index is -0.730. The van der Waals surface area contributed by atoms with E-state index < -0.39 is 16.5 Å². The van der Waals surface area contributed by atoms with Crippen molar-refractivity contribution in [1.29, 1.82) is 0 Å². The average molecular weight is 274 g/mol. The van der Waals surface area contributed by atoms with Gasteiger partial charge in [0.05, 0.1) is 11.5 Å². The maximum Gasteiger partial charge on any atom is 0.300 e. The van der Waals surface area contributed by atoms with E-state index in [-0.39, 0.29) is 16.6 Å². The molecule has 0 aliphatic rings. The molecular formula is C10H12ClN3O4. The van der Waals surface area contributed by atoms with Gasteiger partial charge in [-0.15, -0.1) is 0 Å². The van der Waals surface area contributed by atoms with Crippen molar-refractivity contribution in [3.05, 3.63) is 33.1 Å². The molecule has 0 saturated carbocycles. The quantitative estimate of drug-likeness (QED) is 0.503. The zero-order valence-electron chi connectivity index (χ0n) is 9.84.